The lowest BCUT2D eigenvalue weighted by Crippen LogP contribution is -2.03. The summed E-state index contributed by atoms with van der Waals surface area (Å²) in [6.45, 7) is 3.54. The fourth-order valence-electron chi connectivity index (χ4n) is 0.482. The average molecular weight is 156 g/mol. The van der Waals surface area contributed by atoms with Gasteiger partial charge in [-0.3, -0.25) is 0 Å². The topological polar surface area (TPSA) is 64.2 Å². The van der Waals surface area contributed by atoms with Crippen LogP contribution in [0, 0.1) is 6.92 Å². The lowest BCUT2D eigenvalue weighted by molar-refractivity contribution is 1.16. The summed E-state index contributed by atoms with van der Waals surface area (Å²) in [4.78, 5) is 7.91. The van der Waals surface area contributed by atoms with Crippen molar-refractivity contribution in [1.82, 2.24) is 9.36 Å². The van der Waals surface area contributed by atoms with E-state index in [-0.39, 0.29) is 0 Å². The molecule has 0 aliphatic heterocycles. The summed E-state index contributed by atoms with van der Waals surface area (Å²) in [7, 11) is 0. The van der Waals surface area contributed by atoms with E-state index in [1.807, 2.05) is 6.92 Å². The molecule has 0 unspecified atom stereocenters. The van der Waals surface area contributed by atoms with E-state index in [0.29, 0.717) is 11.0 Å². The molecular formula is C5H8N4S. The van der Waals surface area contributed by atoms with Gasteiger partial charge in [0.15, 0.2) is 0 Å². The molecule has 0 aliphatic carbocycles. The van der Waals surface area contributed by atoms with Crippen LogP contribution in [0.2, 0.25) is 0 Å². The third kappa shape index (κ3) is 1.77. The smallest absolute Gasteiger partial charge is 0.230 e. The van der Waals surface area contributed by atoms with E-state index in [1.54, 1.807) is 6.92 Å². The van der Waals surface area contributed by atoms with Crippen LogP contribution in [-0.2, 0) is 0 Å². The van der Waals surface area contributed by atoms with Crippen molar-refractivity contribution in [3.8, 4) is 0 Å². The van der Waals surface area contributed by atoms with Gasteiger partial charge >= 0.3 is 0 Å². The minimum atomic E-state index is 0.510. The standard InChI is InChI=1S/C5H8N4S/c1-3(6)7-5-8-4(2)9-10-5/h1-2H3,(H2,6,7,8,9). The van der Waals surface area contributed by atoms with Gasteiger partial charge in [-0.15, -0.1) is 0 Å². The first-order valence-corrected chi connectivity index (χ1v) is 3.57. The van der Waals surface area contributed by atoms with Crippen molar-refractivity contribution in [2.45, 2.75) is 13.8 Å². The first-order valence-electron chi connectivity index (χ1n) is 2.79. The number of aliphatic imine (C=N–C) groups is 1. The van der Waals surface area contributed by atoms with Crippen LogP contribution in [0.25, 0.3) is 0 Å². The summed E-state index contributed by atoms with van der Waals surface area (Å²) in [5.74, 6) is 1.25. The Hall–Kier alpha value is -0.970. The molecule has 1 heterocycles. The molecule has 1 aromatic heterocycles. The Morgan fingerprint density at radius 2 is 2.40 bits per heavy atom. The zero-order valence-corrected chi connectivity index (χ0v) is 6.64. The monoisotopic (exact) mass is 156 g/mol. The minimum absolute atomic E-state index is 0.510. The predicted octanol–water partition coefficient (Wildman–Crippen LogP) is 0.855. The van der Waals surface area contributed by atoms with Crippen molar-refractivity contribution in [2.24, 2.45) is 10.7 Å². The van der Waals surface area contributed by atoms with Gasteiger partial charge in [-0.05, 0) is 13.8 Å². The molecule has 0 aliphatic rings. The van der Waals surface area contributed by atoms with Gasteiger partial charge in [0.2, 0.25) is 5.13 Å². The zero-order valence-electron chi connectivity index (χ0n) is 5.83. The van der Waals surface area contributed by atoms with Crippen molar-refractivity contribution in [3.05, 3.63) is 5.82 Å². The highest BCUT2D eigenvalue weighted by atomic mass is 32.1. The summed E-state index contributed by atoms with van der Waals surface area (Å²) in [6.07, 6.45) is 0. The maximum absolute atomic E-state index is 5.32. The number of rotatable bonds is 1. The van der Waals surface area contributed by atoms with Gasteiger partial charge in [-0.25, -0.2) is 9.98 Å². The molecule has 1 rings (SSSR count). The molecular weight excluding hydrogens is 148 g/mol. The Kier molecular flexibility index (Phi) is 1.96. The van der Waals surface area contributed by atoms with Gasteiger partial charge in [-0.1, -0.05) is 0 Å². The van der Waals surface area contributed by atoms with Gasteiger partial charge in [-0.2, -0.15) is 4.37 Å². The van der Waals surface area contributed by atoms with Crippen LogP contribution in [0.4, 0.5) is 5.13 Å². The number of nitrogens with two attached hydrogens (primary N) is 1. The number of hydrogen-bond donors (Lipinski definition) is 1. The Bertz CT molecular complexity index is 248. The van der Waals surface area contributed by atoms with Crippen LogP contribution < -0.4 is 5.73 Å². The van der Waals surface area contributed by atoms with Gasteiger partial charge in [0, 0.05) is 11.5 Å². The van der Waals surface area contributed by atoms with Crippen LogP contribution in [-0.4, -0.2) is 15.2 Å². The highest BCUT2D eigenvalue weighted by Crippen LogP contribution is 2.13. The molecule has 0 aromatic carbocycles. The molecule has 10 heavy (non-hydrogen) atoms. The maximum Gasteiger partial charge on any atom is 0.230 e. The summed E-state index contributed by atoms with van der Waals surface area (Å²) >= 11 is 1.25. The van der Waals surface area contributed by atoms with E-state index in [9.17, 15) is 0 Å². The molecule has 0 fully saturated rings. The largest absolute Gasteiger partial charge is 0.387 e. The molecule has 5 heteroatoms. The van der Waals surface area contributed by atoms with Crippen LogP contribution in [0.3, 0.4) is 0 Å². The third-order valence-corrected chi connectivity index (χ3v) is 1.49. The molecule has 1 aromatic rings. The molecule has 4 nitrogen and oxygen atoms in total. The van der Waals surface area contributed by atoms with E-state index in [4.69, 9.17) is 5.73 Å². The van der Waals surface area contributed by atoms with Crippen molar-refractivity contribution < 1.29 is 0 Å². The molecule has 0 amide bonds. The molecule has 0 saturated carbocycles. The summed E-state index contributed by atoms with van der Waals surface area (Å²) in [5.41, 5.74) is 5.32. The highest BCUT2D eigenvalue weighted by Gasteiger charge is 1.95. The quantitative estimate of drug-likeness (QED) is 0.484. The predicted molar refractivity (Wildman–Crippen MR) is 41.6 cm³/mol. The normalized spacial score (nSPS) is 12.0. The molecule has 0 radical (unpaired) electrons. The van der Waals surface area contributed by atoms with Crippen LogP contribution in [0.5, 0.6) is 0 Å². The Morgan fingerprint density at radius 3 is 2.80 bits per heavy atom. The number of aromatic nitrogens is 2. The summed E-state index contributed by atoms with van der Waals surface area (Å²) in [6, 6.07) is 0. The summed E-state index contributed by atoms with van der Waals surface area (Å²) in [5, 5.41) is 0.623. The molecule has 2 N–H and O–H groups in total. The zero-order chi connectivity index (χ0) is 7.56. The molecule has 54 valence electrons. The fraction of sp³-hybridized carbons (Fsp3) is 0.400. The van der Waals surface area contributed by atoms with Gasteiger partial charge in [0.05, 0.1) is 5.84 Å². The van der Waals surface area contributed by atoms with E-state index in [0.717, 1.165) is 5.82 Å². The highest BCUT2D eigenvalue weighted by molar-refractivity contribution is 7.09. The van der Waals surface area contributed by atoms with Crippen molar-refractivity contribution in [1.29, 1.82) is 0 Å². The van der Waals surface area contributed by atoms with Crippen molar-refractivity contribution in [2.75, 3.05) is 0 Å². The Labute approximate surface area is 63.0 Å². The maximum atomic E-state index is 5.32. The Balaban J connectivity index is 2.86. The van der Waals surface area contributed by atoms with E-state index in [2.05, 4.69) is 14.3 Å². The number of aryl methyl sites for hydroxylation is 1. The number of amidine groups is 1. The van der Waals surface area contributed by atoms with E-state index >= 15 is 0 Å². The third-order valence-electron chi connectivity index (χ3n) is 0.789. The average Bonchev–Trinajstić information content (AvgIpc) is 2.13. The lowest BCUT2D eigenvalue weighted by Gasteiger charge is -1.83. The van der Waals surface area contributed by atoms with Crippen LogP contribution >= 0.6 is 11.5 Å². The lowest BCUT2D eigenvalue weighted by atomic mass is 10.7. The van der Waals surface area contributed by atoms with Crippen molar-refractivity contribution >= 4 is 22.5 Å². The SMILES string of the molecule is CC(N)=Nc1nc(C)ns1. The van der Waals surface area contributed by atoms with Crippen LogP contribution in [0.1, 0.15) is 12.7 Å². The van der Waals surface area contributed by atoms with Crippen molar-refractivity contribution in [3.63, 3.8) is 0 Å². The second-order valence-corrected chi connectivity index (χ2v) is 2.61. The first-order chi connectivity index (χ1) is 4.68. The molecule has 0 spiro atoms. The summed E-state index contributed by atoms with van der Waals surface area (Å²) < 4.78 is 3.94. The van der Waals surface area contributed by atoms with Gasteiger partial charge in [0.25, 0.3) is 0 Å². The van der Waals surface area contributed by atoms with Crippen LogP contribution in [0.15, 0.2) is 4.99 Å². The van der Waals surface area contributed by atoms with Gasteiger partial charge in [0.1, 0.15) is 5.82 Å². The fourth-order valence-corrected chi connectivity index (χ4v) is 1.09. The number of nitrogens with zero attached hydrogens (tertiary/aromatic N) is 3. The minimum Gasteiger partial charge on any atom is -0.387 e. The number of hydrogen-bond acceptors (Lipinski definition) is 4. The second-order valence-electron chi connectivity index (χ2n) is 1.88. The molecule has 0 bridgehead atoms. The Morgan fingerprint density at radius 1 is 1.70 bits per heavy atom. The first kappa shape index (κ1) is 7.14. The van der Waals surface area contributed by atoms with E-state index < -0.39 is 0 Å². The molecule has 0 atom stereocenters. The van der Waals surface area contributed by atoms with Gasteiger partial charge < -0.3 is 5.73 Å². The molecule has 0 saturated heterocycles. The van der Waals surface area contributed by atoms with E-state index in [1.165, 1.54) is 11.5 Å². The second kappa shape index (κ2) is 2.74.